The summed E-state index contributed by atoms with van der Waals surface area (Å²) in [5.74, 6) is 0.157. The number of thiophene rings is 1. The Balaban J connectivity index is 2.48. The summed E-state index contributed by atoms with van der Waals surface area (Å²) < 4.78 is 2.08. The second-order valence-corrected chi connectivity index (χ2v) is 5.11. The number of hydrogen-bond acceptors (Lipinski definition) is 3. The summed E-state index contributed by atoms with van der Waals surface area (Å²) in [5.41, 5.74) is 0.557. The van der Waals surface area contributed by atoms with Crippen LogP contribution in [-0.2, 0) is 0 Å². The van der Waals surface area contributed by atoms with Gasteiger partial charge in [0.25, 0.3) is 0 Å². The number of phenols is 1. The van der Waals surface area contributed by atoms with Gasteiger partial charge in [-0.3, -0.25) is 4.79 Å². The highest BCUT2D eigenvalue weighted by Crippen LogP contribution is 2.39. The summed E-state index contributed by atoms with van der Waals surface area (Å²) in [7, 11) is 0. The molecule has 2 nitrogen and oxygen atoms in total. The molecule has 0 unspecified atom stereocenters. The Morgan fingerprint density at radius 3 is 2.71 bits per heavy atom. The van der Waals surface area contributed by atoms with Crippen LogP contribution < -0.4 is 0 Å². The van der Waals surface area contributed by atoms with Crippen molar-refractivity contribution < 1.29 is 9.90 Å². The SMILES string of the molecule is CC(=O)c1cc(O)c2c(c1)sc1ccccc12. The van der Waals surface area contributed by atoms with Crippen LogP contribution in [0.5, 0.6) is 5.75 Å². The fourth-order valence-corrected chi connectivity index (χ4v) is 3.20. The van der Waals surface area contributed by atoms with E-state index in [9.17, 15) is 9.90 Å². The van der Waals surface area contributed by atoms with E-state index in [4.69, 9.17) is 0 Å². The Morgan fingerprint density at radius 2 is 1.94 bits per heavy atom. The van der Waals surface area contributed by atoms with Gasteiger partial charge in [0.1, 0.15) is 5.75 Å². The van der Waals surface area contributed by atoms with Crippen LogP contribution in [0.4, 0.5) is 0 Å². The molecule has 0 aliphatic heterocycles. The van der Waals surface area contributed by atoms with Crippen molar-refractivity contribution in [3.63, 3.8) is 0 Å². The van der Waals surface area contributed by atoms with E-state index in [1.165, 1.54) is 6.92 Å². The van der Waals surface area contributed by atoms with Gasteiger partial charge in [-0.15, -0.1) is 11.3 Å². The van der Waals surface area contributed by atoms with Crippen LogP contribution in [0.2, 0.25) is 0 Å². The third-order valence-electron chi connectivity index (χ3n) is 2.86. The summed E-state index contributed by atoms with van der Waals surface area (Å²) >= 11 is 1.60. The second-order valence-electron chi connectivity index (χ2n) is 4.02. The molecule has 0 saturated heterocycles. The van der Waals surface area contributed by atoms with Crippen LogP contribution in [0, 0.1) is 0 Å². The van der Waals surface area contributed by atoms with Crippen LogP contribution in [0.25, 0.3) is 20.2 Å². The lowest BCUT2D eigenvalue weighted by Crippen LogP contribution is -1.90. The van der Waals surface area contributed by atoms with Crippen LogP contribution >= 0.6 is 11.3 Å². The van der Waals surface area contributed by atoms with Gasteiger partial charge in [0.05, 0.1) is 0 Å². The van der Waals surface area contributed by atoms with Gasteiger partial charge in [-0.1, -0.05) is 18.2 Å². The maximum absolute atomic E-state index is 11.3. The number of benzene rings is 2. The Bertz CT molecular complexity index is 740. The Labute approximate surface area is 102 Å². The van der Waals surface area contributed by atoms with Gasteiger partial charge in [0.15, 0.2) is 5.78 Å². The molecule has 0 fully saturated rings. The average molecular weight is 242 g/mol. The van der Waals surface area contributed by atoms with Gasteiger partial charge in [-0.05, 0) is 25.1 Å². The molecule has 0 amide bonds. The smallest absolute Gasteiger partial charge is 0.159 e. The molecule has 0 saturated carbocycles. The third-order valence-corrected chi connectivity index (χ3v) is 3.98. The second kappa shape index (κ2) is 3.57. The Morgan fingerprint density at radius 1 is 1.18 bits per heavy atom. The molecule has 3 rings (SSSR count). The maximum atomic E-state index is 11.3. The zero-order chi connectivity index (χ0) is 12.0. The highest BCUT2D eigenvalue weighted by molar-refractivity contribution is 7.25. The summed E-state index contributed by atoms with van der Waals surface area (Å²) in [5, 5.41) is 11.9. The number of Topliss-reactive ketones (excluding diaryl/α,β-unsaturated/α-hetero) is 1. The van der Waals surface area contributed by atoms with E-state index in [2.05, 4.69) is 0 Å². The molecule has 17 heavy (non-hydrogen) atoms. The average Bonchev–Trinajstić information content (AvgIpc) is 2.67. The fraction of sp³-hybridized carbons (Fsp3) is 0.0714. The minimum atomic E-state index is -0.0281. The minimum absolute atomic E-state index is 0.0281. The lowest BCUT2D eigenvalue weighted by Gasteiger charge is -2.00. The monoisotopic (exact) mass is 242 g/mol. The van der Waals surface area contributed by atoms with Gasteiger partial charge in [-0.25, -0.2) is 0 Å². The van der Waals surface area contributed by atoms with Crippen molar-refractivity contribution in [2.24, 2.45) is 0 Å². The standard InChI is InChI=1S/C14H10O2S/c1-8(15)9-6-11(16)14-10-4-2-3-5-12(10)17-13(14)7-9/h2-7,16H,1H3. The lowest BCUT2D eigenvalue weighted by atomic mass is 10.1. The first-order chi connectivity index (χ1) is 8.16. The molecule has 3 aromatic rings. The first kappa shape index (κ1) is 10.3. The van der Waals surface area contributed by atoms with Gasteiger partial charge in [-0.2, -0.15) is 0 Å². The molecule has 0 bridgehead atoms. The van der Waals surface area contributed by atoms with Gasteiger partial charge in [0.2, 0.25) is 0 Å². The van der Waals surface area contributed by atoms with E-state index in [0.29, 0.717) is 5.56 Å². The molecule has 0 aliphatic rings. The summed E-state index contributed by atoms with van der Waals surface area (Å²) in [6.07, 6.45) is 0. The summed E-state index contributed by atoms with van der Waals surface area (Å²) in [6.45, 7) is 1.51. The number of rotatable bonds is 1. The minimum Gasteiger partial charge on any atom is -0.507 e. The normalized spacial score (nSPS) is 11.1. The Hall–Kier alpha value is -1.87. The quantitative estimate of drug-likeness (QED) is 0.656. The number of ketones is 1. The van der Waals surface area contributed by atoms with Gasteiger partial charge in [0, 0.05) is 25.7 Å². The van der Waals surface area contributed by atoms with Crippen LogP contribution in [0.3, 0.4) is 0 Å². The van der Waals surface area contributed by atoms with E-state index >= 15 is 0 Å². The van der Waals surface area contributed by atoms with E-state index in [1.54, 1.807) is 17.4 Å². The van der Waals surface area contributed by atoms with Gasteiger partial charge < -0.3 is 5.11 Å². The highest BCUT2D eigenvalue weighted by Gasteiger charge is 2.11. The van der Waals surface area contributed by atoms with Gasteiger partial charge >= 0.3 is 0 Å². The first-order valence-corrected chi connectivity index (χ1v) is 6.13. The van der Waals surface area contributed by atoms with Crippen molar-refractivity contribution in [3.05, 3.63) is 42.0 Å². The summed E-state index contributed by atoms with van der Waals surface area (Å²) in [6, 6.07) is 11.3. The number of phenolic OH excluding ortho intramolecular Hbond substituents is 1. The van der Waals surface area contributed by atoms with E-state index < -0.39 is 0 Å². The molecule has 1 aromatic heterocycles. The highest BCUT2D eigenvalue weighted by atomic mass is 32.1. The largest absolute Gasteiger partial charge is 0.507 e. The topological polar surface area (TPSA) is 37.3 Å². The van der Waals surface area contributed by atoms with Crippen molar-refractivity contribution in [2.45, 2.75) is 6.92 Å². The van der Waals surface area contributed by atoms with E-state index in [0.717, 1.165) is 20.2 Å². The number of carbonyl (C=O) groups is 1. The molecule has 3 heteroatoms. The number of fused-ring (bicyclic) bond motifs is 3. The first-order valence-electron chi connectivity index (χ1n) is 5.32. The van der Waals surface area contributed by atoms with Crippen molar-refractivity contribution in [1.82, 2.24) is 0 Å². The number of aromatic hydroxyl groups is 1. The van der Waals surface area contributed by atoms with Crippen molar-refractivity contribution in [3.8, 4) is 5.75 Å². The van der Waals surface area contributed by atoms with Crippen LogP contribution in [0.1, 0.15) is 17.3 Å². The Kier molecular flexibility index (Phi) is 2.16. The van der Waals surface area contributed by atoms with E-state index in [-0.39, 0.29) is 11.5 Å². The summed E-state index contributed by atoms with van der Waals surface area (Å²) in [4.78, 5) is 11.3. The predicted molar refractivity (Wildman–Crippen MR) is 71.0 cm³/mol. The molecular formula is C14H10O2S. The molecule has 1 heterocycles. The fourth-order valence-electron chi connectivity index (χ4n) is 2.04. The number of hydrogen-bond donors (Lipinski definition) is 1. The molecular weight excluding hydrogens is 232 g/mol. The third kappa shape index (κ3) is 1.51. The molecule has 0 spiro atoms. The molecule has 0 aliphatic carbocycles. The maximum Gasteiger partial charge on any atom is 0.159 e. The lowest BCUT2D eigenvalue weighted by molar-refractivity contribution is 0.101. The predicted octanol–water partition coefficient (Wildman–Crippen LogP) is 3.96. The molecule has 1 N–H and O–H groups in total. The van der Waals surface area contributed by atoms with Crippen molar-refractivity contribution in [1.29, 1.82) is 0 Å². The zero-order valence-electron chi connectivity index (χ0n) is 9.23. The molecule has 0 atom stereocenters. The van der Waals surface area contributed by atoms with E-state index in [1.807, 2.05) is 30.3 Å². The zero-order valence-corrected chi connectivity index (χ0v) is 10.0. The molecule has 84 valence electrons. The molecule has 2 aromatic carbocycles. The molecule has 0 radical (unpaired) electrons. The van der Waals surface area contributed by atoms with Crippen LogP contribution in [0.15, 0.2) is 36.4 Å². The van der Waals surface area contributed by atoms with Crippen LogP contribution in [-0.4, -0.2) is 10.9 Å². The van der Waals surface area contributed by atoms with Crippen molar-refractivity contribution in [2.75, 3.05) is 0 Å². The number of carbonyl (C=O) groups excluding carboxylic acids is 1. The van der Waals surface area contributed by atoms with Crippen molar-refractivity contribution >= 4 is 37.3 Å².